The first-order valence-electron chi connectivity index (χ1n) is 10.1. The van der Waals surface area contributed by atoms with E-state index in [-0.39, 0.29) is 42.0 Å². The first-order valence-corrected chi connectivity index (χ1v) is 10.1. The number of nitrogens with zero attached hydrogens (tertiary/aromatic N) is 2. The van der Waals surface area contributed by atoms with Gasteiger partial charge in [0.15, 0.2) is 6.29 Å². The fourth-order valence-corrected chi connectivity index (χ4v) is 4.09. The number of amides is 2. The molecule has 0 spiro atoms. The van der Waals surface area contributed by atoms with Gasteiger partial charge in [-0.25, -0.2) is 14.2 Å². The van der Waals surface area contributed by atoms with Crippen molar-refractivity contribution in [3.8, 4) is 11.4 Å². The Hall–Kier alpha value is -3.83. The quantitative estimate of drug-likeness (QED) is 0.250. The zero-order chi connectivity index (χ0) is 23.9. The zero-order valence-electron chi connectivity index (χ0n) is 17.9. The summed E-state index contributed by atoms with van der Waals surface area (Å²) in [5, 5.41) is 15.9. The molecule has 3 aromatic rings. The van der Waals surface area contributed by atoms with E-state index in [1.165, 1.54) is 36.9 Å². The third-order valence-electron chi connectivity index (χ3n) is 5.71. The maximum absolute atomic E-state index is 14.2. The molecule has 5 N–H and O–H groups in total. The van der Waals surface area contributed by atoms with Gasteiger partial charge >= 0.3 is 6.03 Å². The van der Waals surface area contributed by atoms with Crippen LogP contribution in [0.15, 0.2) is 23.0 Å². The van der Waals surface area contributed by atoms with Gasteiger partial charge in [0.05, 0.1) is 35.7 Å². The predicted molar refractivity (Wildman–Crippen MR) is 118 cm³/mol. The van der Waals surface area contributed by atoms with Crippen LogP contribution in [0.4, 0.5) is 14.9 Å². The van der Waals surface area contributed by atoms with E-state index in [4.69, 9.17) is 10.5 Å². The third kappa shape index (κ3) is 3.70. The number of ether oxygens (including phenoxy) is 1. The smallest absolute Gasteiger partial charge is 0.314 e. The van der Waals surface area contributed by atoms with Crippen molar-refractivity contribution in [1.29, 1.82) is 0 Å². The molecule has 11 heteroatoms. The van der Waals surface area contributed by atoms with Crippen LogP contribution in [-0.4, -0.2) is 41.1 Å². The number of nitrogens with one attached hydrogen (secondary N) is 2. The zero-order valence-corrected chi connectivity index (χ0v) is 17.9. The van der Waals surface area contributed by atoms with Gasteiger partial charge in [-0.15, -0.1) is 0 Å². The minimum absolute atomic E-state index is 0.0723. The summed E-state index contributed by atoms with van der Waals surface area (Å²) in [5.74, 6) is -0.650. The van der Waals surface area contributed by atoms with Crippen molar-refractivity contribution in [2.75, 3.05) is 19.9 Å². The van der Waals surface area contributed by atoms with Crippen molar-refractivity contribution in [1.82, 2.24) is 20.2 Å². The summed E-state index contributed by atoms with van der Waals surface area (Å²) >= 11 is 0. The topological polar surface area (TPSA) is 149 Å². The molecule has 10 nitrogen and oxygen atoms in total. The Bertz CT molecular complexity index is 1350. The van der Waals surface area contributed by atoms with Crippen LogP contribution in [0.2, 0.25) is 0 Å². The Labute approximate surface area is 187 Å². The largest absolute Gasteiger partial charge is 0.396 e. The number of fused-ring (bicyclic) bond motifs is 4. The van der Waals surface area contributed by atoms with Crippen LogP contribution in [0.25, 0.3) is 22.3 Å². The highest BCUT2D eigenvalue weighted by Gasteiger charge is 2.30. The molecule has 3 heterocycles. The Kier molecular flexibility index (Phi) is 5.83. The fourth-order valence-electron chi connectivity index (χ4n) is 4.09. The molecule has 33 heavy (non-hydrogen) atoms. The average molecular weight is 455 g/mol. The second kappa shape index (κ2) is 8.60. The van der Waals surface area contributed by atoms with E-state index in [9.17, 15) is 23.9 Å². The molecule has 0 aliphatic carbocycles. The average Bonchev–Trinajstić information content (AvgIpc) is 3.17. The van der Waals surface area contributed by atoms with Crippen LogP contribution in [-0.2, 0) is 29.2 Å². The summed E-state index contributed by atoms with van der Waals surface area (Å²) in [6.07, 6.45) is -1.20. The van der Waals surface area contributed by atoms with E-state index in [0.717, 1.165) is 0 Å². The lowest BCUT2D eigenvalue weighted by Gasteiger charge is -2.14. The summed E-state index contributed by atoms with van der Waals surface area (Å²) in [6.45, 7) is 0.101. The number of aliphatic hydroxyl groups excluding tert-OH is 1. The number of nitrogens with two attached hydrogens (primary N) is 1. The molecule has 2 amide bonds. The molecular formula is C22H22FN5O5. The van der Waals surface area contributed by atoms with Gasteiger partial charge in [0.2, 0.25) is 0 Å². The number of aldehydes is 1. The lowest BCUT2D eigenvalue weighted by Crippen LogP contribution is -2.32. The lowest BCUT2D eigenvalue weighted by molar-refractivity contribution is -0.115. The minimum atomic E-state index is -1.52. The second-order valence-electron chi connectivity index (χ2n) is 7.61. The lowest BCUT2D eigenvalue weighted by atomic mass is 9.99. The van der Waals surface area contributed by atoms with Crippen LogP contribution < -0.4 is 21.9 Å². The fraction of sp³-hybridized carbons (Fsp3) is 0.273. The molecule has 4 rings (SSSR count). The molecule has 0 saturated carbocycles. The van der Waals surface area contributed by atoms with Gasteiger partial charge in [0.25, 0.3) is 5.56 Å². The molecule has 1 unspecified atom stereocenters. The number of carbonyl (C=O) groups is 2. The summed E-state index contributed by atoms with van der Waals surface area (Å²) in [7, 11) is 2.88. The molecule has 1 atom stereocenters. The van der Waals surface area contributed by atoms with E-state index in [2.05, 4.69) is 15.6 Å². The van der Waals surface area contributed by atoms with Crippen LogP contribution in [0.3, 0.4) is 0 Å². The number of carbonyl (C=O) groups excluding carboxylic acids is 2. The summed E-state index contributed by atoms with van der Waals surface area (Å²) < 4.78 is 20.8. The molecular weight excluding hydrogens is 433 g/mol. The number of benzene rings is 1. The van der Waals surface area contributed by atoms with Gasteiger partial charge in [0, 0.05) is 48.8 Å². The van der Waals surface area contributed by atoms with Crippen molar-refractivity contribution in [3.05, 3.63) is 56.6 Å². The highest BCUT2D eigenvalue weighted by atomic mass is 19.1. The summed E-state index contributed by atoms with van der Waals surface area (Å²) in [4.78, 5) is 40.9. The van der Waals surface area contributed by atoms with Crippen molar-refractivity contribution >= 4 is 28.9 Å². The van der Waals surface area contributed by atoms with Gasteiger partial charge in [-0.3, -0.25) is 4.79 Å². The molecule has 0 fully saturated rings. The van der Waals surface area contributed by atoms with E-state index < -0.39 is 23.5 Å². The highest BCUT2D eigenvalue weighted by Crippen LogP contribution is 2.37. The summed E-state index contributed by atoms with van der Waals surface area (Å²) in [5.41, 5.74) is 7.84. The molecule has 1 aliphatic heterocycles. The van der Waals surface area contributed by atoms with Crippen molar-refractivity contribution in [2.24, 2.45) is 0 Å². The number of aliphatic hydroxyl groups is 1. The Morgan fingerprint density at radius 1 is 1.39 bits per heavy atom. The maximum Gasteiger partial charge on any atom is 0.314 e. The monoisotopic (exact) mass is 455 g/mol. The Morgan fingerprint density at radius 2 is 2.15 bits per heavy atom. The molecule has 0 bridgehead atoms. The van der Waals surface area contributed by atoms with E-state index >= 15 is 0 Å². The number of hydrogen-bond acceptors (Lipinski definition) is 7. The number of hydrogen-bond donors (Lipinski definition) is 4. The van der Waals surface area contributed by atoms with Crippen LogP contribution >= 0.6 is 0 Å². The number of methoxy groups -OCH3 is 1. The van der Waals surface area contributed by atoms with Gasteiger partial charge in [-0.1, -0.05) is 0 Å². The van der Waals surface area contributed by atoms with E-state index in [1.807, 2.05) is 0 Å². The molecule has 0 radical (unpaired) electrons. The molecule has 2 aromatic heterocycles. The van der Waals surface area contributed by atoms with E-state index in [1.54, 1.807) is 0 Å². The van der Waals surface area contributed by atoms with E-state index in [0.29, 0.717) is 34.2 Å². The highest BCUT2D eigenvalue weighted by molar-refractivity contribution is 5.90. The van der Waals surface area contributed by atoms with Crippen molar-refractivity contribution in [3.63, 3.8) is 0 Å². The number of anilines is 1. The Morgan fingerprint density at radius 3 is 2.82 bits per heavy atom. The first kappa shape index (κ1) is 22.4. The van der Waals surface area contributed by atoms with Gasteiger partial charge in [0.1, 0.15) is 11.9 Å². The first-order chi connectivity index (χ1) is 15.8. The number of nitrogen functional groups attached to an aromatic ring is 1. The minimum Gasteiger partial charge on any atom is -0.396 e. The van der Waals surface area contributed by atoms with Crippen LogP contribution in [0.1, 0.15) is 28.4 Å². The molecule has 172 valence electrons. The number of halogens is 1. The van der Waals surface area contributed by atoms with Crippen LogP contribution in [0.5, 0.6) is 0 Å². The van der Waals surface area contributed by atoms with Gasteiger partial charge < -0.3 is 35.6 Å². The van der Waals surface area contributed by atoms with Crippen LogP contribution in [0, 0.1) is 5.82 Å². The number of rotatable bonds is 6. The Balaban J connectivity index is 2.00. The van der Waals surface area contributed by atoms with Gasteiger partial charge in [-0.2, -0.15) is 0 Å². The standard InChI is InChI=1S/C22H22FN5O5/c1-25-22(32)26-6-12-10-3-16(24)15(23)5-17(10)27-20-13(12)7-28-18(20)4-11(19(30)8-29)14(9-33-2)21(28)31/h3-5,8,19,30H,6-7,9,24H2,1-2H3,(H2,25,26,32). The number of pyridine rings is 2. The normalized spacial score (nSPS) is 12.8. The number of urea groups is 1. The number of aromatic nitrogens is 2. The molecule has 0 saturated heterocycles. The SMILES string of the molecule is CNC(=O)NCc1c2c(nc3cc(F)c(N)cc13)-c1cc(C(O)C=O)c(COC)c(=O)n1C2. The third-order valence-corrected chi connectivity index (χ3v) is 5.71. The molecule has 1 aliphatic rings. The predicted octanol–water partition coefficient (Wildman–Crippen LogP) is 0.954. The summed E-state index contributed by atoms with van der Waals surface area (Å²) in [6, 6.07) is 3.73. The van der Waals surface area contributed by atoms with Crippen molar-refractivity contribution in [2.45, 2.75) is 25.8 Å². The maximum atomic E-state index is 14.2. The second-order valence-corrected chi connectivity index (χ2v) is 7.61. The molecule has 1 aromatic carbocycles. The van der Waals surface area contributed by atoms with Gasteiger partial charge in [-0.05, 0) is 17.7 Å². The van der Waals surface area contributed by atoms with Crippen molar-refractivity contribution < 1.29 is 23.8 Å².